The van der Waals surface area contributed by atoms with Crippen LogP contribution in [0.25, 0.3) is 22.4 Å². The van der Waals surface area contributed by atoms with Crippen LogP contribution in [0.15, 0.2) is 39.7 Å². The van der Waals surface area contributed by atoms with Crippen LogP contribution in [0, 0.1) is 19.7 Å². The molecule has 0 spiro atoms. The Labute approximate surface area is 132 Å². The second-order valence-corrected chi connectivity index (χ2v) is 5.77. The van der Waals surface area contributed by atoms with Gasteiger partial charge in [0.2, 0.25) is 0 Å². The summed E-state index contributed by atoms with van der Waals surface area (Å²) in [5.41, 5.74) is 8.92. The van der Waals surface area contributed by atoms with Crippen molar-refractivity contribution in [2.45, 2.75) is 26.8 Å². The highest BCUT2D eigenvalue weighted by Gasteiger charge is 2.18. The summed E-state index contributed by atoms with van der Waals surface area (Å²) < 4.78 is 19.1. The minimum absolute atomic E-state index is 0.127. The fourth-order valence-electron chi connectivity index (χ4n) is 2.66. The second-order valence-electron chi connectivity index (χ2n) is 5.77. The lowest BCUT2D eigenvalue weighted by molar-refractivity contribution is 0.597. The van der Waals surface area contributed by atoms with Gasteiger partial charge in [-0.25, -0.2) is 9.37 Å². The third-order valence-electron chi connectivity index (χ3n) is 3.84. The summed E-state index contributed by atoms with van der Waals surface area (Å²) in [4.78, 5) is 16.7. The number of hydrogen-bond donors (Lipinski definition) is 1. The molecule has 0 aliphatic carbocycles. The maximum Gasteiger partial charge on any atom is 0.196 e. The highest BCUT2D eigenvalue weighted by Crippen LogP contribution is 2.29. The Morgan fingerprint density at radius 3 is 2.61 bits per heavy atom. The molecule has 2 N–H and O–H groups in total. The van der Waals surface area contributed by atoms with Crippen LogP contribution in [-0.2, 0) is 0 Å². The predicted octanol–water partition coefficient (Wildman–Crippen LogP) is 3.63. The Bertz CT molecular complexity index is 944. The number of aryl methyl sites for hydroxylation is 1. The van der Waals surface area contributed by atoms with Crippen LogP contribution < -0.4 is 11.2 Å². The summed E-state index contributed by atoms with van der Waals surface area (Å²) in [6.45, 7) is 5.43. The van der Waals surface area contributed by atoms with Gasteiger partial charge in [-0.05, 0) is 44.5 Å². The molecule has 0 fully saturated rings. The average Bonchev–Trinajstić information content (AvgIpc) is 2.51. The highest BCUT2D eigenvalue weighted by atomic mass is 19.1. The molecule has 0 saturated carbocycles. The number of rotatable bonds is 2. The monoisotopic (exact) mass is 312 g/mol. The summed E-state index contributed by atoms with van der Waals surface area (Å²) in [6.07, 6.45) is 1.10. The van der Waals surface area contributed by atoms with E-state index in [9.17, 15) is 9.18 Å². The van der Waals surface area contributed by atoms with E-state index in [0.29, 0.717) is 28.0 Å². The van der Waals surface area contributed by atoms with E-state index in [-0.39, 0.29) is 11.5 Å². The van der Waals surface area contributed by atoms with Gasteiger partial charge in [0.1, 0.15) is 17.1 Å². The zero-order valence-electron chi connectivity index (χ0n) is 13.2. The molecule has 0 bridgehead atoms. The Morgan fingerprint density at radius 1 is 1.26 bits per heavy atom. The molecule has 3 rings (SSSR count). The fourth-order valence-corrected chi connectivity index (χ4v) is 2.66. The van der Waals surface area contributed by atoms with E-state index in [1.165, 1.54) is 12.1 Å². The van der Waals surface area contributed by atoms with Gasteiger partial charge in [-0.1, -0.05) is 6.07 Å². The van der Waals surface area contributed by atoms with Crippen LogP contribution in [0.3, 0.4) is 0 Å². The third-order valence-corrected chi connectivity index (χ3v) is 3.84. The normalized spacial score (nSPS) is 12.6. The lowest BCUT2D eigenvalue weighted by Gasteiger charge is -2.13. The molecular weight excluding hydrogens is 295 g/mol. The van der Waals surface area contributed by atoms with Crippen molar-refractivity contribution in [3.05, 3.63) is 63.2 Å². The van der Waals surface area contributed by atoms with Gasteiger partial charge in [0.25, 0.3) is 0 Å². The minimum Gasteiger partial charge on any atom is -0.454 e. The van der Waals surface area contributed by atoms with Gasteiger partial charge in [-0.15, -0.1) is 0 Å². The Kier molecular flexibility index (Phi) is 3.74. The number of pyridine rings is 1. The van der Waals surface area contributed by atoms with Gasteiger partial charge in [0.05, 0.1) is 11.6 Å². The van der Waals surface area contributed by atoms with Crippen molar-refractivity contribution in [1.29, 1.82) is 0 Å². The molecule has 0 aliphatic rings. The topological polar surface area (TPSA) is 69.1 Å². The van der Waals surface area contributed by atoms with E-state index in [0.717, 1.165) is 17.3 Å². The zero-order valence-corrected chi connectivity index (χ0v) is 13.2. The number of hydrogen-bond acceptors (Lipinski definition) is 4. The predicted molar refractivity (Wildman–Crippen MR) is 87.7 cm³/mol. The molecule has 2 heterocycles. The first kappa shape index (κ1) is 15.4. The Balaban J connectivity index is 2.39. The summed E-state index contributed by atoms with van der Waals surface area (Å²) in [6, 6.07) is 6.20. The van der Waals surface area contributed by atoms with Crippen molar-refractivity contribution in [3.63, 3.8) is 0 Å². The SMILES string of the molecule is Cc1cc([C@@H](C)N)c2oc(-c3ccc(F)cn3)c(C)c(=O)c2c1. The molecule has 118 valence electrons. The molecule has 0 saturated heterocycles. The van der Waals surface area contributed by atoms with E-state index in [1.54, 1.807) is 13.0 Å². The lowest BCUT2D eigenvalue weighted by atomic mass is 10.00. The standard InChI is InChI=1S/C18H17FN2O2/c1-9-6-13(11(3)20)18-14(7-9)16(22)10(2)17(23-18)15-5-4-12(19)8-21-15/h4-8,11H,20H2,1-3H3/t11-/m1/s1. The largest absolute Gasteiger partial charge is 0.454 e. The summed E-state index contributed by atoms with van der Waals surface area (Å²) >= 11 is 0. The van der Waals surface area contributed by atoms with Crippen LogP contribution in [0.4, 0.5) is 4.39 Å². The van der Waals surface area contributed by atoms with Crippen molar-refractivity contribution in [1.82, 2.24) is 4.98 Å². The molecule has 0 aliphatic heterocycles. The van der Waals surface area contributed by atoms with Gasteiger partial charge in [-0.2, -0.15) is 0 Å². The number of halogens is 1. The molecule has 0 amide bonds. The van der Waals surface area contributed by atoms with E-state index in [4.69, 9.17) is 10.2 Å². The molecule has 0 radical (unpaired) electrons. The summed E-state index contributed by atoms with van der Waals surface area (Å²) in [5, 5.41) is 0.501. The number of aromatic nitrogens is 1. The third kappa shape index (κ3) is 2.64. The maximum atomic E-state index is 13.1. The quantitative estimate of drug-likeness (QED) is 0.784. The molecule has 5 heteroatoms. The van der Waals surface area contributed by atoms with Gasteiger partial charge in [0, 0.05) is 17.2 Å². The van der Waals surface area contributed by atoms with Gasteiger partial charge in [0.15, 0.2) is 11.2 Å². The van der Waals surface area contributed by atoms with E-state index in [1.807, 2.05) is 19.9 Å². The fraction of sp³-hybridized carbons (Fsp3) is 0.222. The van der Waals surface area contributed by atoms with Crippen LogP contribution in [0.1, 0.15) is 29.7 Å². The number of fused-ring (bicyclic) bond motifs is 1. The Hall–Kier alpha value is -2.53. The average molecular weight is 312 g/mol. The number of nitrogens with zero attached hydrogens (tertiary/aromatic N) is 1. The van der Waals surface area contributed by atoms with Crippen molar-refractivity contribution < 1.29 is 8.81 Å². The number of benzene rings is 1. The van der Waals surface area contributed by atoms with Crippen LogP contribution in [0.2, 0.25) is 0 Å². The van der Waals surface area contributed by atoms with Gasteiger partial charge in [-0.3, -0.25) is 4.79 Å². The first-order valence-corrected chi connectivity index (χ1v) is 7.34. The smallest absolute Gasteiger partial charge is 0.196 e. The van der Waals surface area contributed by atoms with Gasteiger partial charge < -0.3 is 10.2 Å². The molecule has 3 aromatic rings. The van der Waals surface area contributed by atoms with Crippen molar-refractivity contribution >= 4 is 11.0 Å². The molecule has 0 unspecified atom stereocenters. The zero-order chi connectivity index (χ0) is 16.7. The number of nitrogens with two attached hydrogens (primary N) is 1. The van der Waals surface area contributed by atoms with Crippen molar-refractivity contribution in [2.75, 3.05) is 0 Å². The lowest BCUT2D eigenvalue weighted by Crippen LogP contribution is -2.12. The van der Waals surface area contributed by atoms with Crippen molar-refractivity contribution in [3.8, 4) is 11.5 Å². The second kappa shape index (κ2) is 5.59. The molecule has 23 heavy (non-hydrogen) atoms. The molecule has 2 aromatic heterocycles. The maximum absolute atomic E-state index is 13.1. The van der Waals surface area contributed by atoms with Crippen LogP contribution >= 0.6 is 0 Å². The first-order valence-electron chi connectivity index (χ1n) is 7.34. The van der Waals surface area contributed by atoms with Gasteiger partial charge >= 0.3 is 0 Å². The van der Waals surface area contributed by atoms with Crippen molar-refractivity contribution in [2.24, 2.45) is 5.73 Å². The summed E-state index contributed by atoms with van der Waals surface area (Å²) in [7, 11) is 0. The first-order chi connectivity index (χ1) is 10.9. The van der Waals surface area contributed by atoms with Crippen LogP contribution in [-0.4, -0.2) is 4.98 Å². The molecule has 1 aromatic carbocycles. The van der Waals surface area contributed by atoms with E-state index >= 15 is 0 Å². The van der Waals surface area contributed by atoms with E-state index < -0.39 is 5.82 Å². The summed E-state index contributed by atoms with van der Waals surface area (Å²) in [5.74, 6) is -0.102. The minimum atomic E-state index is -0.443. The molecule has 1 atom stereocenters. The molecule has 4 nitrogen and oxygen atoms in total. The van der Waals surface area contributed by atoms with Crippen LogP contribution in [0.5, 0.6) is 0 Å². The van der Waals surface area contributed by atoms with E-state index in [2.05, 4.69) is 4.98 Å². The highest BCUT2D eigenvalue weighted by molar-refractivity contribution is 5.83. The Morgan fingerprint density at radius 2 is 2.00 bits per heavy atom. The molecular formula is C18H17FN2O2.